The van der Waals surface area contributed by atoms with Crippen molar-refractivity contribution in [2.75, 3.05) is 0 Å². The van der Waals surface area contributed by atoms with Crippen LogP contribution >= 0.6 is 11.3 Å². The number of thiazole rings is 1. The Morgan fingerprint density at radius 3 is 2.20 bits per heavy atom. The normalized spacial score (nSPS) is 13.2. The first kappa shape index (κ1) is 12.2. The van der Waals surface area contributed by atoms with E-state index in [1.54, 1.807) is 11.3 Å². The number of hydrogen-bond acceptors (Lipinski definition) is 3. The minimum absolute atomic E-state index is 0.00463. The van der Waals surface area contributed by atoms with E-state index in [0.717, 1.165) is 15.6 Å². The topological polar surface area (TPSA) is 36.7 Å². The summed E-state index contributed by atoms with van der Waals surface area (Å²) in [6.07, 6.45) is 0. The van der Waals surface area contributed by atoms with E-state index in [1.807, 2.05) is 6.92 Å². The molecule has 0 aromatic carbocycles. The molecule has 0 saturated carbocycles. The molecule has 1 rings (SSSR count). The lowest BCUT2D eigenvalue weighted by Crippen LogP contribution is -2.03. The molecule has 0 aliphatic heterocycles. The summed E-state index contributed by atoms with van der Waals surface area (Å²) in [6.45, 7) is 10.5. The standard InChI is InChI=1S/C12H18N2S/c1-7(2)10(6-13)11-9(5)14-12(15-11)8(3)4/h7-8,10H,1-5H3. The molecule has 0 N–H and O–H groups in total. The molecule has 82 valence electrons. The molecule has 0 aliphatic rings. The van der Waals surface area contributed by atoms with Gasteiger partial charge in [0, 0.05) is 10.8 Å². The summed E-state index contributed by atoms with van der Waals surface area (Å²) in [4.78, 5) is 5.68. The van der Waals surface area contributed by atoms with E-state index in [9.17, 15) is 0 Å². The van der Waals surface area contributed by atoms with Crippen molar-refractivity contribution in [3.05, 3.63) is 15.6 Å². The molecule has 1 unspecified atom stereocenters. The Kier molecular flexibility index (Phi) is 3.87. The average Bonchev–Trinajstić information content (AvgIpc) is 2.49. The molecule has 1 aromatic heterocycles. The van der Waals surface area contributed by atoms with Gasteiger partial charge in [-0.25, -0.2) is 4.98 Å². The van der Waals surface area contributed by atoms with Crippen LogP contribution in [0.3, 0.4) is 0 Å². The van der Waals surface area contributed by atoms with E-state index < -0.39 is 0 Å². The van der Waals surface area contributed by atoms with Crippen LogP contribution in [0.2, 0.25) is 0 Å². The Morgan fingerprint density at radius 2 is 1.87 bits per heavy atom. The van der Waals surface area contributed by atoms with E-state index in [2.05, 4.69) is 38.7 Å². The number of hydrogen-bond donors (Lipinski definition) is 0. The second-order valence-electron chi connectivity index (χ2n) is 4.51. The van der Waals surface area contributed by atoms with E-state index in [0.29, 0.717) is 11.8 Å². The highest BCUT2D eigenvalue weighted by atomic mass is 32.1. The lowest BCUT2D eigenvalue weighted by Gasteiger charge is -2.10. The van der Waals surface area contributed by atoms with Gasteiger partial charge < -0.3 is 0 Å². The largest absolute Gasteiger partial charge is 0.246 e. The first-order chi connectivity index (χ1) is 6.97. The van der Waals surface area contributed by atoms with Crippen molar-refractivity contribution in [2.24, 2.45) is 5.92 Å². The average molecular weight is 222 g/mol. The van der Waals surface area contributed by atoms with Crippen LogP contribution in [0.1, 0.15) is 55.1 Å². The fourth-order valence-electron chi connectivity index (χ4n) is 1.48. The molecule has 0 bridgehead atoms. The van der Waals surface area contributed by atoms with Crippen LogP contribution in [0.5, 0.6) is 0 Å². The second-order valence-corrected chi connectivity index (χ2v) is 5.57. The summed E-state index contributed by atoms with van der Waals surface area (Å²) < 4.78 is 0. The third-order valence-corrected chi connectivity index (χ3v) is 3.97. The molecule has 0 saturated heterocycles. The summed E-state index contributed by atoms with van der Waals surface area (Å²) in [5.74, 6) is 0.804. The van der Waals surface area contributed by atoms with Gasteiger partial charge in [0.15, 0.2) is 0 Å². The fourth-order valence-corrected chi connectivity index (χ4v) is 2.76. The summed E-state index contributed by atoms with van der Waals surface area (Å²) in [7, 11) is 0. The third-order valence-electron chi connectivity index (χ3n) is 2.43. The molecule has 15 heavy (non-hydrogen) atoms. The molecule has 2 nitrogen and oxygen atoms in total. The van der Waals surface area contributed by atoms with Crippen molar-refractivity contribution in [2.45, 2.75) is 46.5 Å². The van der Waals surface area contributed by atoms with Crippen molar-refractivity contribution in [3.63, 3.8) is 0 Å². The van der Waals surface area contributed by atoms with Crippen LogP contribution in [0.25, 0.3) is 0 Å². The second kappa shape index (κ2) is 4.76. The Bertz CT molecular complexity index is 371. The van der Waals surface area contributed by atoms with Crippen LogP contribution in [0.4, 0.5) is 0 Å². The first-order valence-electron chi connectivity index (χ1n) is 5.34. The van der Waals surface area contributed by atoms with Gasteiger partial charge in [-0.3, -0.25) is 0 Å². The quantitative estimate of drug-likeness (QED) is 0.779. The molecule has 1 aromatic rings. The number of nitriles is 1. The minimum atomic E-state index is -0.00463. The fraction of sp³-hybridized carbons (Fsp3) is 0.667. The van der Waals surface area contributed by atoms with Gasteiger partial charge in [0.1, 0.15) is 0 Å². The predicted molar refractivity (Wildman–Crippen MR) is 64.1 cm³/mol. The van der Waals surface area contributed by atoms with Gasteiger partial charge in [-0.05, 0) is 12.8 Å². The van der Waals surface area contributed by atoms with E-state index >= 15 is 0 Å². The van der Waals surface area contributed by atoms with Crippen molar-refractivity contribution in [1.82, 2.24) is 4.98 Å². The summed E-state index contributed by atoms with van der Waals surface area (Å²) in [5, 5.41) is 10.3. The molecule has 0 aliphatic carbocycles. The van der Waals surface area contributed by atoms with Crippen LogP contribution in [0.15, 0.2) is 0 Å². The zero-order valence-electron chi connectivity index (χ0n) is 10.0. The Labute approximate surface area is 96.0 Å². The summed E-state index contributed by atoms with van der Waals surface area (Å²) >= 11 is 1.69. The van der Waals surface area contributed by atoms with Crippen LogP contribution in [-0.4, -0.2) is 4.98 Å². The minimum Gasteiger partial charge on any atom is -0.246 e. The zero-order chi connectivity index (χ0) is 11.6. The highest BCUT2D eigenvalue weighted by Crippen LogP contribution is 2.33. The maximum absolute atomic E-state index is 9.15. The van der Waals surface area contributed by atoms with Crippen molar-refractivity contribution in [3.8, 4) is 6.07 Å². The molecule has 1 atom stereocenters. The maximum atomic E-state index is 9.15. The van der Waals surface area contributed by atoms with Gasteiger partial charge in [0.2, 0.25) is 0 Å². The SMILES string of the molecule is Cc1nc(C(C)C)sc1C(C#N)C(C)C. The Hall–Kier alpha value is -0.880. The van der Waals surface area contributed by atoms with Gasteiger partial charge in [-0.1, -0.05) is 27.7 Å². The molecule has 0 radical (unpaired) electrons. The van der Waals surface area contributed by atoms with Gasteiger partial charge in [0.05, 0.1) is 22.7 Å². The molecule has 0 amide bonds. The van der Waals surface area contributed by atoms with E-state index in [-0.39, 0.29) is 5.92 Å². The molecule has 0 fully saturated rings. The number of rotatable bonds is 3. The van der Waals surface area contributed by atoms with Crippen molar-refractivity contribution < 1.29 is 0 Å². The third kappa shape index (κ3) is 2.57. The Balaban J connectivity index is 3.09. The van der Waals surface area contributed by atoms with Gasteiger partial charge >= 0.3 is 0 Å². The van der Waals surface area contributed by atoms with E-state index in [4.69, 9.17) is 5.26 Å². The van der Waals surface area contributed by atoms with Crippen molar-refractivity contribution >= 4 is 11.3 Å². The monoisotopic (exact) mass is 222 g/mol. The van der Waals surface area contributed by atoms with Crippen LogP contribution < -0.4 is 0 Å². The molecule has 3 heteroatoms. The molecular formula is C12H18N2S. The van der Waals surface area contributed by atoms with Crippen molar-refractivity contribution in [1.29, 1.82) is 5.26 Å². The highest BCUT2D eigenvalue weighted by molar-refractivity contribution is 7.12. The van der Waals surface area contributed by atoms with Crippen LogP contribution in [-0.2, 0) is 0 Å². The van der Waals surface area contributed by atoms with Gasteiger partial charge in [0.25, 0.3) is 0 Å². The number of aryl methyl sites for hydroxylation is 1. The van der Waals surface area contributed by atoms with Gasteiger partial charge in [-0.15, -0.1) is 11.3 Å². The summed E-state index contributed by atoms with van der Waals surface area (Å²) in [6, 6.07) is 2.38. The van der Waals surface area contributed by atoms with Crippen LogP contribution in [0, 0.1) is 24.2 Å². The first-order valence-corrected chi connectivity index (χ1v) is 6.15. The van der Waals surface area contributed by atoms with Gasteiger partial charge in [-0.2, -0.15) is 5.26 Å². The smallest absolute Gasteiger partial charge is 0.0956 e. The summed E-state index contributed by atoms with van der Waals surface area (Å²) in [5.41, 5.74) is 1.03. The lowest BCUT2D eigenvalue weighted by atomic mass is 9.95. The highest BCUT2D eigenvalue weighted by Gasteiger charge is 2.21. The Morgan fingerprint density at radius 1 is 1.27 bits per heavy atom. The predicted octanol–water partition coefficient (Wildman–Crippen LogP) is 3.84. The lowest BCUT2D eigenvalue weighted by molar-refractivity contribution is 0.591. The molecular weight excluding hydrogens is 204 g/mol. The number of aromatic nitrogens is 1. The van der Waals surface area contributed by atoms with E-state index in [1.165, 1.54) is 0 Å². The zero-order valence-corrected chi connectivity index (χ0v) is 10.9. The number of nitrogens with zero attached hydrogens (tertiary/aromatic N) is 2. The molecule has 1 heterocycles. The maximum Gasteiger partial charge on any atom is 0.0956 e. The molecule has 0 spiro atoms.